The molecule has 0 aromatic heterocycles. The number of nitrogens with one attached hydrogen (secondary N) is 1. The minimum absolute atomic E-state index is 0.0771. The highest BCUT2D eigenvalue weighted by Gasteiger charge is 2.37. The molecule has 7 nitrogen and oxygen atoms in total. The number of carbonyl (C=O) groups excluding carboxylic acids is 3. The molecular weight excluding hydrogens is 464 g/mol. The highest BCUT2D eigenvalue weighted by molar-refractivity contribution is 6.53. The fourth-order valence-electron chi connectivity index (χ4n) is 5.72. The van der Waals surface area contributed by atoms with Crippen molar-refractivity contribution in [1.82, 2.24) is 10.2 Å². The van der Waals surface area contributed by atoms with Crippen LogP contribution in [0.2, 0.25) is 0 Å². The van der Waals surface area contributed by atoms with Crippen molar-refractivity contribution in [3.63, 3.8) is 0 Å². The molecule has 2 aromatic carbocycles. The van der Waals surface area contributed by atoms with Crippen LogP contribution in [0, 0.1) is 12.8 Å². The van der Waals surface area contributed by atoms with Gasteiger partial charge in [-0.15, -0.1) is 0 Å². The number of allylic oxidation sites excluding steroid dienone is 2. The monoisotopic (exact) mass is 492 g/mol. The SMILES string of the molecule is Cc1ccccc1C(=O)C1=NCC2=NC=CC2=C1NC1CCC(CN2C(=O)c3ccccc3C2=O)CC1. The first kappa shape index (κ1) is 23.3. The lowest BCUT2D eigenvalue weighted by Crippen LogP contribution is -2.42. The van der Waals surface area contributed by atoms with Gasteiger partial charge in [-0.25, -0.2) is 0 Å². The minimum Gasteiger partial charge on any atom is -0.380 e. The molecule has 3 heterocycles. The summed E-state index contributed by atoms with van der Waals surface area (Å²) in [6.45, 7) is 2.79. The largest absolute Gasteiger partial charge is 0.380 e. The molecule has 2 amide bonds. The second kappa shape index (κ2) is 9.39. The third-order valence-electron chi connectivity index (χ3n) is 7.79. The van der Waals surface area contributed by atoms with Crippen LogP contribution in [0.5, 0.6) is 0 Å². The summed E-state index contributed by atoms with van der Waals surface area (Å²) in [5, 5.41) is 3.64. The molecule has 0 unspecified atom stereocenters. The first-order valence-corrected chi connectivity index (χ1v) is 12.9. The number of aryl methyl sites for hydroxylation is 1. The van der Waals surface area contributed by atoms with Crippen molar-refractivity contribution in [2.75, 3.05) is 13.1 Å². The van der Waals surface area contributed by atoms with Gasteiger partial charge in [-0.2, -0.15) is 0 Å². The van der Waals surface area contributed by atoms with E-state index in [-0.39, 0.29) is 29.6 Å². The van der Waals surface area contributed by atoms with Crippen LogP contribution in [0.4, 0.5) is 0 Å². The van der Waals surface area contributed by atoms with Crippen LogP contribution in [0.1, 0.15) is 62.3 Å². The maximum Gasteiger partial charge on any atom is 0.261 e. The summed E-state index contributed by atoms with van der Waals surface area (Å²) in [5.41, 5.74) is 5.63. The molecule has 0 spiro atoms. The number of imide groups is 1. The van der Waals surface area contributed by atoms with Crippen molar-refractivity contribution in [3.05, 3.63) is 94.3 Å². The van der Waals surface area contributed by atoms with Crippen LogP contribution in [0.15, 0.2) is 82.1 Å². The van der Waals surface area contributed by atoms with E-state index < -0.39 is 0 Å². The van der Waals surface area contributed by atoms with Gasteiger partial charge in [-0.05, 0) is 62.3 Å². The van der Waals surface area contributed by atoms with Gasteiger partial charge in [0.05, 0.1) is 29.1 Å². The average Bonchev–Trinajstić information content (AvgIpc) is 3.49. The smallest absolute Gasteiger partial charge is 0.261 e. The van der Waals surface area contributed by atoms with Crippen molar-refractivity contribution in [2.45, 2.75) is 38.6 Å². The molecule has 3 aliphatic heterocycles. The summed E-state index contributed by atoms with van der Waals surface area (Å²) in [6, 6.07) is 14.8. The first-order valence-electron chi connectivity index (χ1n) is 12.9. The van der Waals surface area contributed by atoms with E-state index in [4.69, 9.17) is 0 Å². The lowest BCUT2D eigenvalue weighted by Gasteiger charge is -2.33. The minimum atomic E-state index is -0.189. The van der Waals surface area contributed by atoms with Crippen LogP contribution in [0.3, 0.4) is 0 Å². The standard InChI is InChI=1S/C30H28N4O3/c1-18-6-2-3-7-21(18)28(35)27-26(24-14-15-31-25(24)16-32-27)33-20-12-10-19(11-13-20)17-34-29(36)22-8-4-5-9-23(22)30(34)37/h2-9,14-15,19-20,33H,10-13,16-17H2,1H3. The van der Waals surface area contributed by atoms with Gasteiger partial charge < -0.3 is 5.32 Å². The normalized spacial score (nSPS) is 22.6. The summed E-state index contributed by atoms with van der Waals surface area (Å²) in [5.74, 6) is -0.197. The first-order chi connectivity index (χ1) is 18.0. The summed E-state index contributed by atoms with van der Waals surface area (Å²) < 4.78 is 0. The summed E-state index contributed by atoms with van der Waals surface area (Å²) >= 11 is 0. The Morgan fingerprint density at radius 2 is 1.65 bits per heavy atom. The zero-order chi connectivity index (χ0) is 25.5. The van der Waals surface area contributed by atoms with Crippen LogP contribution in [-0.2, 0) is 0 Å². The number of Topliss-reactive ketones (excluding diaryl/α,β-unsaturated/α-hetero) is 1. The predicted molar refractivity (Wildman–Crippen MR) is 142 cm³/mol. The molecule has 0 bridgehead atoms. The van der Waals surface area contributed by atoms with E-state index >= 15 is 0 Å². The van der Waals surface area contributed by atoms with Gasteiger partial charge in [0.1, 0.15) is 5.71 Å². The Hall–Kier alpha value is -4.13. The zero-order valence-electron chi connectivity index (χ0n) is 20.7. The number of dihydropyridines is 1. The summed E-state index contributed by atoms with van der Waals surface area (Å²) in [6.07, 6.45) is 7.26. The maximum absolute atomic E-state index is 13.5. The quantitative estimate of drug-likeness (QED) is 0.481. The van der Waals surface area contributed by atoms with Crippen LogP contribution >= 0.6 is 0 Å². The molecule has 186 valence electrons. The number of rotatable bonds is 6. The van der Waals surface area contributed by atoms with E-state index in [9.17, 15) is 14.4 Å². The van der Waals surface area contributed by atoms with Crippen LogP contribution in [0.25, 0.3) is 0 Å². The highest BCUT2D eigenvalue weighted by atomic mass is 16.2. The maximum atomic E-state index is 13.5. The van der Waals surface area contributed by atoms with Gasteiger partial charge >= 0.3 is 0 Å². The van der Waals surface area contributed by atoms with Crippen molar-refractivity contribution >= 4 is 29.0 Å². The third-order valence-corrected chi connectivity index (χ3v) is 7.79. The lowest BCUT2D eigenvalue weighted by molar-refractivity contribution is 0.0613. The second-order valence-electron chi connectivity index (χ2n) is 10.1. The van der Waals surface area contributed by atoms with Crippen molar-refractivity contribution in [1.29, 1.82) is 0 Å². The van der Waals surface area contributed by atoms with Gasteiger partial charge in [0, 0.05) is 29.9 Å². The van der Waals surface area contributed by atoms with Crippen LogP contribution < -0.4 is 5.32 Å². The molecule has 2 aromatic rings. The van der Waals surface area contributed by atoms with E-state index in [0.717, 1.165) is 48.2 Å². The van der Waals surface area contributed by atoms with Crippen LogP contribution in [-0.4, -0.2) is 53.1 Å². The van der Waals surface area contributed by atoms with E-state index in [1.54, 1.807) is 30.5 Å². The summed E-state index contributed by atoms with van der Waals surface area (Å²) in [4.78, 5) is 49.6. The number of hydrogen-bond acceptors (Lipinski definition) is 6. The fourth-order valence-corrected chi connectivity index (χ4v) is 5.72. The molecule has 1 N–H and O–H groups in total. The van der Waals surface area contributed by atoms with Gasteiger partial charge in [0.25, 0.3) is 11.8 Å². The molecule has 4 aliphatic rings. The predicted octanol–water partition coefficient (Wildman–Crippen LogP) is 4.30. The topological polar surface area (TPSA) is 91.2 Å². The van der Waals surface area contributed by atoms with E-state index in [2.05, 4.69) is 15.3 Å². The number of nitrogens with zero attached hydrogens (tertiary/aromatic N) is 3. The van der Waals surface area contributed by atoms with Crippen molar-refractivity contribution in [3.8, 4) is 0 Å². The Bertz CT molecular complexity index is 1410. The van der Waals surface area contributed by atoms with E-state index in [1.165, 1.54) is 4.90 Å². The Morgan fingerprint density at radius 3 is 2.35 bits per heavy atom. The molecule has 1 saturated carbocycles. The van der Waals surface area contributed by atoms with Gasteiger partial charge in [0.15, 0.2) is 0 Å². The third kappa shape index (κ3) is 4.14. The Morgan fingerprint density at radius 1 is 0.973 bits per heavy atom. The lowest BCUT2D eigenvalue weighted by atomic mass is 9.85. The second-order valence-corrected chi connectivity index (χ2v) is 10.1. The zero-order valence-corrected chi connectivity index (χ0v) is 20.7. The molecule has 0 atom stereocenters. The molecule has 0 radical (unpaired) electrons. The molecule has 1 fully saturated rings. The Balaban J connectivity index is 1.14. The molecule has 37 heavy (non-hydrogen) atoms. The van der Waals surface area contributed by atoms with Crippen molar-refractivity contribution in [2.24, 2.45) is 15.9 Å². The number of carbonyl (C=O) groups is 3. The number of hydrogen-bond donors (Lipinski definition) is 1. The molecule has 7 heteroatoms. The highest BCUT2D eigenvalue weighted by Crippen LogP contribution is 2.31. The van der Waals surface area contributed by atoms with E-state index in [1.807, 2.05) is 37.3 Å². The van der Waals surface area contributed by atoms with Gasteiger partial charge in [0.2, 0.25) is 5.78 Å². The van der Waals surface area contributed by atoms with Gasteiger partial charge in [-0.3, -0.25) is 29.3 Å². The Kier molecular flexibility index (Phi) is 5.91. The van der Waals surface area contributed by atoms with Crippen molar-refractivity contribution < 1.29 is 14.4 Å². The number of benzene rings is 2. The number of amides is 2. The summed E-state index contributed by atoms with van der Waals surface area (Å²) in [7, 11) is 0. The Labute approximate surface area is 215 Å². The number of ketones is 1. The number of aliphatic imine (C=N–C) groups is 2. The fraction of sp³-hybridized carbons (Fsp3) is 0.300. The van der Waals surface area contributed by atoms with E-state index in [0.29, 0.717) is 35.5 Å². The molecule has 0 saturated heterocycles. The number of fused-ring (bicyclic) bond motifs is 2. The average molecular weight is 493 g/mol. The molecule has 1 aliphatic carbocycles. The molecule has 6 rings (SSSR count). The molecular formula is C30H28N4O3. The van der Waals surface area contributed by atoms with Gasteiger partial charge in [-0.1, -0.05) is 36.4 Å².